The van der Waals surface area contributed by atoms with Gasteiger partial charge in [0, 0.05) is 240 Å². The Bertz CT molecular complexity index is 6470. The van der Waals surface area contributed by atoms with Gasteiger partial charge >= 0.3 is 0 Å². The van der Waals surface area contributed by atoms with Crippen molar-refractivity contribution in [2.24, 2.45) is 0 Å². The first-order valence-corrected chi connectivity index (χ1v) is 57.7. The molecule has 25 nitrogen and oxygen atoms in total. The number of likely N-dealkylation sites (tertiary alicyclic amines) is 1. The molecule has 0 radical (unpaired) electrons. The fourth-order valence-electron chi connectivity index (χ4n) is 24.6. The summed E-state index contributed by atoms with van der Waals surface area (Å²) in [6.45, 7) is 33.7. The molecule has 29 heteroatoms. The van der Waals surface area contributed by atoms with Gasteiger partial charge in [-0.3, -0.25) is 39.1 Å². The number of carbonyl (C=O) groups excluding carboxylic acids is 1. The van der Waals surface area contributed by atoms with Crippen LogP contribution >= 0.6 is 45.3 Å². The molecule has 1 amide bonds. The van der Waals surface area contributed by atoms with Crippen molar-refractivity contribution in [2.45, 2.75) is 173 Å². The summed E-state index contributed by atoms with van der Waals surface area (Å²) < 4.78 is 21.4. The van der Waals surface area contributed by atoms with Gasteiger partial charge in [0.25, 0.3) is 0 Å². The van der Waals surface area contributed by atoms with Crippen LogP contribution in [0.3, 0.4) is 0 Å². The fraction of sp³-hybridized carbons (Fsp3) is 0.504. The van der Waals surface area contributed by atoms with Crippen LogP contribution in [0.15, 0.2) is 119 Å². The molecule has 4 aliphatic carbocycles. The van der Waals surface area contributed by atoms with Gasteiger partial charge in [-0.2, -0.15) is 0 Å². The predicted molar refractivity (Wildman–Crippen MR) is 588 cm³/mol. The summed E-state index contributed by atoms with van der Waals surface area (Å²) in [5.74, 6) is 3.43. The van der Waals surface area contributed by atoms with Crippen molar-refractivity contribution in [1.82, 2.24) is 79.1 Å². The molecule has 11 aliphatic heterocycles. The lowest BCUT2D eigenvalue weighted by molar-refractivity contribution is -0.136. The van der Waals surface area contributed by atoms with E-state index in [0.717, 1.165) is 298 Å². The van der Waals surface area contributed by atoms with E-state index in [4.69, 9.17) is 59.2 Å². The van der Waals surface area contributed by atoms with Crippen molar-refractivity contribution >= 4 is 140 Å². The molecular weight excluding hydrogens is 1870 g/mol. The van der Waals surface area contributed by atoms with E-state index in [1.807, 2.05) is 34.0 Å². The smallest absolute Gasteiger partial charge is 0.248 e. The number of morpholine rings is 1. The molecule has 12 aromatic rings. The summed E-state index contributed by atoms with van der Waals surface area (Å²) >= 11 is 7.22. The molecule has 0 spiro atoms. The minimum atomic E-state index is -0.410. The number of carbonyl (C=O) groups is 1. The molecule has 15 aliphatic rings. The summed E-state index contributed by atoms with van der Waals surface area (Å²) in [5.41, 5.74) is 30.2. The number of anilines is 4. The number of piperidine rings is 5. The maximum atomic E-state index is 11.8. The first kappa shape index (κ1) is 96.4. The Morgan fingerprint density at radius 2 is 0.597 bits per heavy atom. The lowest BCUT2D eigenvalue weighted by Crippen LogP contribution is -2.56. The molecule has 0 atom stereocenters. The first-order valence-electron chi connectivity index (χ1n) is 54.2. The molecule has 144 heavy (non-hydrogen) atoms. The molecule has 11 fully saturated rings. The standard InChI is InChI=1S/2C30H37N5OS.C28H33N5OS.C27H31N5O2S/c1-2-12-35(13-3-1)30-31-27-23(20-33-14-16-34(17-15-33)24-10-18-36-19-11-24)21-37-29(27)28(32-30)26-9-5-7-22-6-4-8-25(22)26;1-2-12-35(13-3-1)30-31-27-23(20-33-14-10-24(11-15-33)34-16-18-36-19-17-34)21-37-29(27)28(32-30)26-9-5-7-22-6-4-8-25(22)26;1-2-10-33(11-3-1)28-29-25-21(16-31-12-14-32(15-13-31)22-17-34-18-22)19-35-27(25)26(30-28)24-9-5-7-20-6-4-8-23(20)24;33-17-23(34)31-14-12-30(13-15-31)16-20-18-35-26-24(20)28-27(32-10-2-1-3-11-32)29-25(26)22-9-5-7-19-6-4-8-21(19)22/h2*4-5,7-9,21,24H,1-3,6,10-20H2;4-5,7-9,19,22H,1-3,6,10-18H2;4-5,7-9,18,33H,1-3,6,10-17H2. The van der Waals surface area contributed by atoms with Crippen molar-refractivity contribution in [1.29, 1.82) is 0 Å². The van der Waals surface area contributed by atoms with Gasteiger partial charge in [-0.25, -0.2) is 39.9 Å². The Morgan fingerprint density at radius 1 is 0.306 bits per heavy atom. The average molecular weight is 2010 g/mol. The van der Waals surface area contributed by atoms with Crippen LogP contribution in [0.25, 0.3) is 110 Å². The van der Waals surface area contributed by atoms with Crippen molar-refractivity contribution in [2.75, 3.05) is 223 Å². The summed E-state index contributed by atoms with van der Waals surface area (Å²) in [5, 5.41) is 18.5. The number of nitrogens with zero attached hydrogens (tertiary/aromatic N) is 20. The first-order chi connectivity index (χ1) is 71.2. The zero-order valence-corrected chi connectivity index (χ0v) is 86.9. The molecule has 0 saturated carbocycles. The molecular formula is C115H138N20O5S4. The second-order valence-corrected chi connectivity index (χ2v) is 45.5. The number of benzene rings is 4. The monoisotopic (exact) mass is 2010 g/mol. The van der Waals surface area contributed by atoms with Crippen LogP contribution < -0.4 is 19.6 Å². The van der Waals surface area contributed by atoms with Crippen LogP contribution in [0.4, 0.5) is 23.8 Å². The zero-order valence-electron chi connectivity index (χ0n) is 83.6. The van der Waals surface area contributed by atoms with E-state index in [-0.39, 0.29) is 5.91 Å². The van der Waals surface area contributed by atoms with E-state index in [9.17, 15) is 4.79 Å². The van der Waals surface area contributed by atoms with Crippen molar-refractivity contribution in [3.8, 4) is 45.0 Å². The second-order valence-electron chi connectivity index (χ2n) is 42.0. The van der Waals surface area contributed by atoms with Crippen molar-refractivity contribution in [3.05, 3.63) is 185 Å². The maximum Gasteiger partial charge on any atom is 0.248 e. The fourth-order valence-corrected chi connectivity index (χ4v) is 28.6. The number of amides is 1. The van der Waals surface area contributed by atoms with Gasteiger partial charge in [0.1, 0.15) is 6.61 Å². The number of aromatic nitrogens is 8. The third-order valence-electron chi connectivity index (χ3n) is 33.0. The molecule has 8 aromatic heterocycles. The maximum absolute atomic E-state index is 11.8. The molecule has 1 N–H and O–H groups in total. The quantitative estimate of drug-likeness (QED) is 0.0752. The number of aliphatic hydroxyl groups is 1. The molecule has 0 bridgehead atoms. The van der Waals surface area contributed by atoms with Crippen LogP contribution in [-0.4, -0.2) is 312 Å². The molecule has 27 rings (SSSR count). The number of thiophene rings is 4. The highest BCUT2D eigenvalue weighted by Gasteiger charge is 2.36. The third kappa shape index (κ3) is 20.9. The van der Waals surface area contributed by atoms with E-state index in [0.29, 0.717) is 31.2 Å². The zero-order chi connectivity index (χ0) is 96.2. The highest BCUT2D eigenvalue weighted by atomic mass is 32.1. The average Bonchev–Trinajstić information content (AvgIpc) is 1.61. The Labute approximate surface area is 863 Å². The highest BCUT2D eigenvalue weighted by molar-refractivity contribution is 7.19. The van der Waals surface area contributed by atoms with Crippen LogP contribution in [-0.2, 0) is 70.9 Å². The number of fused-ring (bicyclic) bond motifs is 8. The van der Waals surface area contributed by atoms with Crippen LogP contribution in [0.5, 0.6) is 0 Å². The number of piperazine rings is 3. The predicted octanol–water partition coefficient (Wildman–Crippen LogP) is 18.4. The van der Waals surface area contributed by atoms with Gasteiger partial charge in [-0.15, -0.1) is 45.3 Å². The lowest BCUT2D eigenvalue weighted by atomic mass is 10.00. The number of allylic oxidation sites excluding steroid dienone is 4. The molecule has 4 aromatic carbocycles. The van der Waals surface area contributed by atoms with Crippen molar-refractivity contribution < 1.29 is 24.1 Å². The summed E-state index contributed by atoms with van der Waals surface area (Å²) in [6.07, 6.45) is 42.0. The van der Waals surface area contributed by atoms with E-state index < -0.39 is 6.61 Å². The lowest BCUT2D eigenvalue weighted by Gasteiger charge is -2.42. The van der Waals surface area contributed by atoms with Gasteiger partial charge in [0.05, 0.1) is 96.1 Å². The number of rotatable bonds is 20. The van der Waals surface area contributed by atoms with Gasteiger partial charge in [-0.05, 0) is 208 Å². The van der Waals surface area contributed by atoms with Crippen LogP contribution in [0.2, 0.25) is 0 Å². The van der Waals surface area contributed by atoms with E-state index >= 15 is 0 Å². The highest BCUT2D eigenvalue weighted by Crippen LogP contribution is 2.47. The van der Waals surface area contributed by atoms with Crippen LogP contribution in [0.1, 0.15) is 169 Å². The summed E-state index contributed by atoms with van der Waals surface area (Å²) in [6, 6.07) is 28.7. The number of hydrogen-bond donors (Lipinski definition) is 1. The Morgan fingerprint density at radius 3 is 0.910 bits per heavy atom. The minimum Gasteiger partial charge on any atom is -0.387 e. The number of hydrogen-bond acceptors (Lipinski definition) is 28. The Hall–Kier alpha value is -9.77. The topological polar surface area (TPSA) is 207 Å². The largest absolute Gasteiger partial charge is 0.387 e. The third-order valence-corrected chi connectivity index (χ3v) is 37.1. The Balaban J connectivity index is 0.000000103. The van der Waals surface area contributed by atoms with Crippen molar-refractivity contribution in [3.63, 3.8) is 0 Å². The van der Waals surface area contributed by atoms with Gasteiger partial charge < -0.3 is 43.8 Å². The normalized spacial score (nSPS) is 20.9. The van der Waals surface area contributed by atoms with E-state index in [1.54, 1.807) is 16.2 Å². The van der Waals surface area contributed by atoms with E-state index in [2.05, 4.69) is 197 Å². The van der Waals surface area contributed by atoms with E-state index in [1.165, 1.54) is 217 Å². The van der Waals surface area contributed by atoms with Gasteiger partial charge in [-0.1, -0.05) is 121 Å². The van der Waals surface area contributed by atoms with Gasteiger partial charge in [0.2, 0.25) is 29.7 Å². The SMILES string of the molecule is C1=Cc2c(cccc2-c2nc(N3CCCCC3)nc3c(CN4CCC(N5CCOCC5)CC4)csc23)C1.C1=Cc2c(cccc2-c2nc(N3CCCCC3)nc3c(CN4CCN(C5CCOCC5)CC4)csc23)C1.C1=Cc2c(cccc2-c2nc(N3CCCCC3)nc3c(CN4CCN(C5COC5)CC4)csc23)C1.O=C(CO)N1CCN(Cc2csc3c(-c4cccc5c4C=CC5)nc(N4CCCCC4)nc23)CC1. The van der Waals surface area contributed by atoms with Gasteiger partial charge in [0.15, 0.2) is 0 Å². The summed E-state index contributed by atoms with van der Waals surface area (Å²) in [4.78, 5) is 83.2. The number of ether oxygens (including phenoxy) is 3. The number of aliphatic hydroxyl groups excluding tert-OH is 1. The van der Waals surface area contributed by atoms with Crippen LogP contribution in [0, 0.1) is 0 Å². The second kappa shape index (κ2) is 44.7. The molecule has 752 valence electrons. The Kier molecular flexibility index (Phi) is 29.9. The molecule has 11 saturated heterocycles. The molecule has 19 heterocycles. The minimum absolute atomic E-state index is 0.182. The molecule has 0 unspecified atom stereocenters. The summed E-state index contributed by atoms with van der Waals surface area (Å²) in [7, 11) is 0.